The van der Waals surface area contributed by atoms with Crippen LogP contribution < -0.4 is 15.4 Å². The van der Waals surface area contributed by atoms with E-state index in [0.717, 1.165) is 17.7 Å². The Morgan fingerprint density at radius 1 is 1.08 bits per heavy atom. The predicted molar refractivity (Wildman–Crippen MR) is 109 cm³/mol. The van der Waals surface area contributed by atoms with Crippen LogP contribution >= 0.6 is 12.2 Å². The summed E-state index contributed by atoms with van der Waals surface area (Å²) in [6.07, 6.45) is 0.863. The predicted octanol–water partition coefficient (Wildman–Crippen LogP) is 4.48. The van der Waals surface area contributed by atoms with Gasteiger partial charge in [-0.1, -0.05) is 51.1 Å². The van der Waals surface area contributed by atoms with Crippen LogP contribution in [0.5, 0.6) is 5.75 Å². The monoisotopic (exact) mass is 370 g/mol. The highest BCUT2D eigenvalue weighted by Crippen LogP contribution is 2.16. The Labute approximate surface area is 161 Å². The van der Waals surface area contributed by atoms with Crippen molar-refractivity contribution < 1.29 is 9.53 Å². The highest BCUT2D eigenvalue weighted by atomic mass is 32.1. The largest absolute Gasteiger partial charge is 0.493 e. The van der Waals surface area contributed by atoms with Crippen molar-refractivity contribution >= 4 is 23.2 Å². The molecule has 2 rings (SSSR count). The van der Waals surface area contributed by atoms with E-state index in [1.165, 1.54) is 0 Å². The summed E-state index contributed by atoms with van der Waals surface area (Å²) in [6, 6.07) is 17.2. The van der Waals surface area contributed by atoms with Crippen LogP contribution in [0.15, 0.2) is 54.6 Å². The van der Waals surface area contributed by atoms with Gasteiger partial charge in [-0.15, -0.1) is 0 Å². The lowest BCUT2D eigenvalue weighted by Gasteiger charge is -2.19. The number of thiocarbonyl (C=S) groups is 1. The van der Waals surface area contributed by atoms with Gasteiger partial charge in [-0.05, 0) is 54.4 Å². The van der Waals surface area contributed by atoms with Crippen LogP contribution in [0, 0.1) is 5.92 Å². The lowest BCUT2D eigenvalue weighted by Crippen LogP contribution is -2.40. The summed E-state index contributed by atoms with van der Waals surface area (Å²) in [4.78, 5) is 12.4. The smallest absolute Gasteiger partial charge is 0.257 e. The molecule has 0 fully saturated rings. The number of hydrogen-bond donors (Lipinski definition) is 2. The Hall–Kier alpha value is -2.40. The van der Waals surface area contributed by atoms with Crippen molar-refractivity contribution in [2.24, 2.45) is 5.92 Å². The lowest BCUT2D eigenvalue weighted by molar-refractivity contribution is 0.0976. The van der Waals surface area contributed by atoms with Gasteiger partial charge < -0.3 is 10.1 Å². The van der Waals surface area contributed by atoms with Gasteiger partial charge in [0.2, 0.25) is 0 Å². The minimum Gasteiger partial charge on any atom is -0.493 e. The number of hydrogen-bond acceptors (Lipinski definition) is 3. The molecule has 2 aromatic rings. The Morgan fingerprint density at radius 2 is 1.73 bits per heavy atom. The van der Waals surface area contributed by atoms with Crippen molar-refractivity contribution in [1.29, 1.82) is 0 Å². The van der Waals surface area contributed by atoms with E-state index >= 15 is 0 Å². The van der Waals surface area contributed by atoms with E-state index in [1.54, 1.807) is 24.3 Å². The van der Waals surface area contributed by atoms with Gasteiger partial charge in [-0.2, -0.15) is 0 Å². The lowest BCUT2D eigenvalue weighted by atomic mass is 10.1. The normalized spacial score (nSPS) is 11.7. The maximum atomic E-state index is 12.4. The molecular weight excluding hydrogens is 344 g/mol. The highest BCUT2D eigenvalue weighted by Gasteiger charge is 2.13. The van der Waals surface area contributed by atoms with Crippen LogP contribution in [0.25, 0.3) is 0 Å². The molecule has 0 saturated carbocycles. The third kappa shape index (κ3) is 6.15. The van der Waals surface area contributed by atoms with E-state index in [0.29, 0.717) is 23.2 Å². The van der Waals surface area contributed by atoms with E-state index < -0.39 is 0 Å². The minimum atomic E-state index is -0.235. The molecule has 4 nitrogen and oxygen atoms in total. The molecule has 0 aliphatic rings. The standard InChI is InChI=1S/C21H26N2O2S/c1-4-19(16-8-6-5-7-9-16)22-21(26)23-20(24)17-10-12-18(13-11-17)25-14-15(2)3/h5-13,15,19H,4,14H2,1-3H3,(H2,22,23,24,26). The Balaban J connectivity index is 1.91. The van der Waals surface area contributed by atoms with Crippen molar-refractivity contribution in [3.63, 3.8) is 0 Å². The van der Waals surface area contributed by atoms with Crippen LogP contribution in [0.3, 0.4) is 0 Å². The molecule has 1 unspecified atom stereocenters. The summed E-state index contributed by atoms with van der Waals surface area (Å²) < 4.78 is 5.63. The first-order valence-electron chi connectivity index (χ1n) is 8.89. The topological polar surface area (TPSA) is 50.4 Å². The number of benzene rings is 2. The number of rotatable bonds is 7. The molecule has 0 spiro atoms. The van der Waals surface area contributed by atoms with Crippen molar-refractivity contribution in [1.82, 2.24) is 10.6 Å². The molecular formula is C21H26N2O2S. The first-order valence-corrected chi connectivity index (χ1v) is 9.30. The van der Waals surface area contributed by atoms with Gasteiger partial charge in [0, 0.05) is 5.56 Å². The summed E-state index contributed by atoms with van der Waals surface area (Å²) in [5.74, 6) is 0.976. The second-order valence-corrected chi connectivity index (χ2v) is 6.94. The van der Waals surface area contributed by atoms with E-state index in [4.69, 9.17) is 17.0 Å². The van der Waals surface area contributed by atoms with E-state index in [2.05, 4.69) is 31.4 Å². The van der Waals surface area contributed by atoms with Gasteiger partial charge in [-0.25, -0.2) is 0 Å². The summed E-state index contributed by atoms with van der Waals surface area (Å²) in [5.41, 5.74) is 1.68. The van der Waals surface area contributed by atoms with Gasteiger partial charge in [0.15, 0.2) is 5.11 Å². The molecule has 1 atom stereocenters. The molecule has 0 aromatic heterocycles. The Bertz CT molecular complexity index is 715. The summed E-state index contributed by atoms with van der Waals surface area (Å²) >= 11 is 5.30. The van der Waals surface area contributed by atoms with Crippen molar-refractivity contribution in [2.45, 2.75) is 33.2 Å². The molecule has 138 valence electrons. The average Bonchev–Trinajstić information content (AvgIpc) is 2.65. The van der Waals surface area contributed by atoms with Gasteiger partial charge in [0.1, 0.15) is 5.75 Å². The van der Waals surface area contributed by atoms with Crippen LogP contribution in [-0.4, -0.2) is 17.6 Å². The molecule has 0 aliphatic heterocycles. The second-order valence-electron chi connectivity index (χ2n) is 6.53. The second kappa shape index (κ2) is 9.92. The number of carbonyl (C=O) groups is 1. The van der Waals surface area contributed by atoms with Gasteiger partial charge in [0.05, 0.1) is 12.6 Å². The third-order valence-corrected chi connectivity index (χ3v) is 4.06. The fourth-order valence-electron chi connectivity index (χ4n) is 2.44. The molecule has 0 radical (unpaired) electrons. The average molecular weight is 371 g/mol. The third-order valence-electron chi connectivity index (χ3n) is 3.84. The molecule has 1 amide bonds. The SMILES string of the molecule is CCC(NC(=S)NC(=O)c1ccc(OCC(C)C)cc1)c1ccccc1. The van der Waals surface area contributed by atoms with Gasteiger partial charge in [-0.3, -0.25) is 10.1 Å². The number of amides is 1. The molecule has 0 saturated heterocycles. The molecule has 26 heavy (non-hydrogen) atoms. The molecule has 0 aliphatic carbocycles. The first kappa shape index (κ1) is 19.9. The van der Waals surface area contributed by atoms with E-state index in [9.17, 15) is 4.79 Å². The van der Waals surface area contributed by atoms with Crippen molar-refractivity contribution in [2.75, 3.05) is 6.61 Å². The highest BCUT2D eigenvalue weighted by molar-refractivity contribution is 7.80. The van der Waals surface area contributed by atoms with Gasteiger partial charge in [0.25, 0.3) is 5.91 Å². The summed E-state index contributed by atoms with van der Waals surface area (Å²) in [6.45, 7) is 6.91. The van der Waals surface area contributed by atoms with Crippen molar-refractivity contribution in [3.8, 4) is 5.75 Å². The van der Waals surface area contributed by atoms with E-state index in [-0.39, 0.29) is 11.9 Å². The molecule has 0 bridgehead atoms. The van der Waals surface area contributed by atoms with Crippen LogP contribution in [0.2, 0.25) is 0 Å². The Morgan fingerprint density at radius 3 is 2.31 bits per heavy atom. The quantitative estimate of drug-likeness (QED) is 0.706. The number of ether oxygens (including phenoxy) is 1. The molecule has 0 heterocycles. The maximum absolute atomic E-state index is 12.4. The first-order chi connectivity index (χ1) is 12.5. The fraction of sp³-hybridized carbons (Fsp3) is 0.333. The molecule has 2 N–H and O–H groups in total. The zero-order valence-corrected chi connectivity index (χ0v) is 16.3. The fourth-order valence-corrected chi connectivity index (χ4v) is 2.68. The molecule has 2 aromatic carbocycles. The number of nitrogens with one attached hydrogen (secondary N) is 2. The summed E-state index contributed by atoms with van der Waals surface area (Å²) in [7, 11) is 0. The zero-order valence-electron chi connectivity index (χ0n) is 15.5. The number of carbonyl (C=O) groups excluding carboxylic acids is 1. The van der Waals surface area contributed by atoms with Crippen molar-refractivity contribution in [3.05, 3.63) is 65.7 Å². The van der Waals surface area contributed by atoms with Crippen LogP contribution in [0.1, 0.15) is 49.2 Å². The van der Waals surface area contributed by atoms with Crippen LogP contribution in [0.4, 0.5) is 0 Å². The van der Waals surface area contributed by atoms with Crippen LogP contribution in [-0.2, 0) is 0 Å². The maximum Gasteiger partial charge on any atom is 0.257 e. The van der Waals surface area contributed by atoms with E-state index in [1.807, 2.05) is 30.3 Å². The minimum absolute atomic E-state index is 0.0656. The summed E-state index contributed by atoms with van der Waals surface area (Å²) in [5, 5.41) is 6.27. The Kier molecular flexibility index (Phi) is 7.60. The molecule has 5 heteroatoms. The zero-order chi connectivity index (χ0) is 18.9. The van der Waals surface area contributed by atoms with Gasteiger partial charge >= 0.3 is 0 Å².